The summed E-state index contributed by atoms with van der Waals surface area (Å²) in [7, 11) is 1.86. The molecule has 32 heavy (non-hydrogen) atoms. The second-order valence-electron chi connectivity index (χ2n) is 7.73. The lowest BCUT2D eigenvalue weighted by Gasteiger charge is -2.27. The van der Waals surface area contributed by atoms with Gasteiger partial charge in [-0.3, -0.25) is 30.2 Å². The minimum absolute atomic E-state index is 0.0400. The smallest absolute Gasteiger partial charge is 0.271 e. The van der Waals surface area contributed by atoms with Crippen LogP contribution in [0.5, 0.6) is 0 Å². The number of fused-ring (bicyclic) bond motifs is 1. The summed E-state index contributed by atoms with van der Waals surface area (Å²) in [5.41, 5.74) is 7.05. The van der Waals surface area contributed by atoms with Gasteiger partial charge in [0, 0.05) is 54.9 Å². The number of ether oxygens (including phenoxy) is 1. The van der Waals surface area contributed by atoms with Gasteiger partial charge in [0.05, 0.1) is 18.8 Å². The van der Waals surface area contributed by atoms with E-state index in [2.05, 4.69) is 20.8 Å². The van der Waals surface area contributed by atoms with Gasteiger partial charge in [-0.05, 0) is 19.4 Å². The molecule has 0 atom stereocenters. The molecule has 1 aliphatic heterocycles. The summed E-state index contributed by atoms with van der Waals surface area (Å²) in [6, 6.07) is 7.53. The molecule has 168 valence electrons. The Labute approximate surface area is 184 Å². The third-order valence-electron chi connectivity index (χ3n) is 5.58. The SMILES string of the molecule is Cc1nc(N2CCOCC2)[nH]c(=O)c1CCC(=O)NNC(=O)c1cn(C)c2ccccc12. The number of carbonyl (C=O) groups excluding carboxylic acids is 2. The van der Waals surface area contributed by atoms with Crippen LogP contribution in [0.4, 0.5) is 5.95 Å². The van der Waals surface area contributed by atoms with E-state index in [1.807, 2.05) is 40.8 Å². The van der Waals surface area contributed by atoms with E-state index in [9.17, 15) is 14.4 Å². The second kappa shape index (κ2) is 9.23. The average molecular weight is 438 g/mol. The van der Waals surface area contributed by atoms with Crippen molar-refractivity contribution in [3.63, 3.8) is 0 Å². The summed E-state index contributed by atoms with van der Waals surface area (Å²) >= 11 is 0. The van der Waals surface area contributed by atoms with Gasteiger partial charge in [-0.2, -0.15) is 0 Å². The Bertz CT molecular complexity index is 1210. The molecule has 1 aliphatic rings. The minimum atomic E-state index is -0.402. The molecule has 3 N–H and O–H groups in total. The number of aromatic amines is 1. The van der Waals surface area contributed by atoms with Gasteiger partial charge < -0.3 is 14.2 Å². The lowest BCUT2D eigenvalue weighted by atomic mass is 10.1. The number of morpholine rings is 1. The highest BCUT2D eigenvalue weighted by Crippen LogP contribution is 2.19. The molecular weight excluding hydrogens is 412 g/mol. The molecule has 0 radical (unpaired) electrons. The van der Waals surface area contributed by atoms with Gasteiger partial charge in [0.15, 0.2) is 0 Å². The Balaban J connectivity index is 1.34. The molecule has 0 unspecified atom stereocenters. The van der Waals surface area contributed by atoms with Crippen LogP contribution in [-0.2, 0) is 23.0 Å². The Morgan fingerprint density at radius 3 is 2.69 bits per heavy atom. The van der Waals surface area contributed by atoms with E-state index >= 15 is 0 Å². The first kappa shape index (κ1) is 21.6. The molecule has 2 aromatic heterocycles. The van der Waals surface area contributed by atoms with Gasteiger partial charge in [0.2, 0.25) is 11.9 Å². The molecule has 0 aliphatic carbocycles. The van der Waals surface area contributed by atoms with E-state index in [1.165, 1.54) is 0 Å². The highest BCUT2D eigenvalue weighted by Gasteiger charge is 2.18. The third kappa shape index (κ3) is 4.50. The van der Waals surface area contributed by atoms with Crippen molar-refractivity contribution in [2.24, 2.45) is 7.05 Å². The number of nitrogens with zero attached hydrogens (tertiary/aromatic N) is 3. The molecule has 3 heterocycles. The highest BCUT2D eigenvalue weighted by atomic mass is 16.5. The van der Waals surface area contributed by atoms with E-state index in [1.54, 1.807) is 13.1 Å². The fraction of sp³-hybridized carbons (Fsp3) is 0.364. The van der Waals surface area contributed by atoms with Crippen molar-refractivity contribution in [3.8, 4) is 0 Å². The molecule has 0 bridgehead atoms. The van der Waals surface area contributed by atoms with Crippen LogP contribution in [0.1, 0.15) is 28.0 Å². The average Bonchev–Trinajstić information content (AvgIpc) is 3.14. The third-order valence-corrected chi connectivity index (χ3v) is 5.58. The molecule has 1 aromatic carbocycles. The van der Waals surface area contributed by atoms with Crippen LogP contribution >= 0.6 is 0 Å². The van der Waals surface area contributed by atoms with Gasteiger partial charge in [-0.1, -0.05) is 18.2 Å². The molecule has 3 aromatic rings. The molecular formula is C22H26N6O4. The number of hydrazine groups is 1. The van der Waals surface area contributed by atoms with E-state index in [0.717, 1.165) is 10.9 Å². The van der Waals surface area contributed by atoms with Crippen LogP contribution < -0.4 is 21.3 Å². The van der Waals surface area contributed by atoms with Crippen molar-refractivity contribution in [2.45, 2.75) is 19.8 Å². The van der Waals surface area contributed by atoms with E-state index < -0.39 is 11.8 Å². The normalized spacial score (nSPS) is 13.9. The summed E-state index contributed by atoms with van der Waals surface area (Å²) in [6.07, 6.45) is 1.97. The molecule has 10 nitrogen and oxygen atoms in total. The summed E-state index contributed by atoms with van der Waals surface area (Å²) in [5.74, 6) is -0.276. The monoisotopic (exact) mass is 438 g/mol. The molecule has 10 heteroatoms. The number of para-hydroxylation sites is 1. The number of rotatable bonds is 5. The zero-order valence-electron chi connectivity index (χ0n) is 18.1. The predicted molar refractivity (Wildman–Crippen MR) is 119 cm³/mol. The molecule has 0 saturated carbocycles. The van der Waals surface area contributed by atoms with Crippen LogP contribution in [0.25, 0.3) is 10.9 Å². The maximum absolute atomic E-state index is 12.5. The largest absolute Gasteiger partial charge is 0.378 e. The summed E-state index contributed by atoms with van der Waals surface area (Å²) in [4.78, 5) is 46.6. The summed E-state index contributed by atoms with van der Waals surface area (Å²) in [6.45, 7) is 4.28. The summed E-state index contributed by atoms with van der Waals surface area (Å²) < 4.78 is 7.18. The highest BCUT2D eigenvalue weighted by molar-refractivity contribution is 6.07. The topological polar surface area (TPSA) is 121 Å². The Kier molecular flexibility index (Phi) is 6.22. The van der Waals surface area contributed by atoms with Crippen molar-refractivity contribution < 1.29 is 14.3 Å². The number of hydrogen-bond donors (Lipinski definition) is 3. The Morgan fingerprint density at radius 1 is 1.19 bits per heavy atom. The maximum Gasteiger partial charge on any atom is 0.271 e. The van der Waals surface area contributed by atoms with Gasteiger partial charge in [0.25, 0.3) is 11.5 Å². The molecule has 1 saturated heterocycles. The Morgan fingerprint density at radius 2 is 1.94 bits per heavy atom. The van der Waals surface area contributed by atoms with Crippen molar-refractivity contribution in [2.75, 3.05) is 31.2 Å². The van der Waals surface area contributed by atoms with Crippen LogP contribution in [0, 0.1) is 6.92 Å². The quantitative estimate of drug-likeness (QED) is 0.507. The van der Waals surface area contributed by atoms with E-state index in [-0.39, 0.29) is 18.4 Å². The zero-order chi connectivity index (χ0) is 22.7. The molecule has 0 spiro atoms. The van der Waals surface area contributed by atoms with Crippen LogP contribution in [0.15, 0.2) is 35.3 Å². The van der Waals surface area contributed by atoms with Crippen molar-refractivity contribution in [1.29, 1.82) is 0 Å². The van der Waals surface area contributed by atoms with Crippen molar-refractivity contribution in [3.05, 3.63) is 57.6 Å². The number of aromatic nitrogens is 3. The van der Waals surface area contributed by atoms with E-state index in [0.29, 0.717) is 49.1 Å². The van der Waals surface area contributed by atoms with Gasteiger partial charge >= 0.3 is 0 Å². The number of benzene rings is 1. The van der Waals surface area contributed by atoms with Crippen LogP contribution in [-0.4, -0.2) is 52.7 Å². The lowest BCUT2D eigenvalue weighted by molar-refractivity contribution is -0.121. The second-order valence-corrected chi connectivity index (χ2v) is 7.73. The number of H-pyrrole nitrogens is 1. The standard InChI is InChI=1S/C22H26N6O4/c1-14-15(20(30)24-22(23-14)28-9-11-32-12-10-28)7-8-19(29)25-26-21(31)17-13-27(2)18-6-4-3-5-16(17)18/h3-6,13H,7-12H2,1-2H3,(H,25,29)(H,26,31)(H,23,24,30). The summed E-state index contributed by atoms with van der Waals surface area (Å²) in [5, 5.41) is 0.801. The predicted octanol–water partition coefficient (Wildman–Crippen LogP) is 0.800. The molecule has 1 fully saturated rings. The Hall–Kier alpha value is -3.66. The number of anilines is 1. The molecule has 4 rings (SSSR count). The first-order valence-electron chi connectivity index (χ1n) is 10.5. The van der Waals surface area contributed by atoms with Gasteiger partial charge in [0.1, 0.15) is 0 Å². The first-order chi connectivity index (χ1) is 15.4. The van der Waals surface area contributed by atoms with Crippen LogP contribution in [0.2, 0.25) is 0 Å². The van der Waals surface area contributed by atoms with Crippen LogP contribution in [0.3, 0.4) is 0 Å². The number of carbonyl (C=O) groups is 2. The number of amides is 2. The number of hydrogen-bond acceptors (Lipinski definition) is 6. The van der Waals surface area contributed by atoms with Crippen molar-refractivity contribution in [1.82, 2.24) is 25.4 Å². The first-order valence-corrected chi connectivity index (χ1v) is 10.5. The lowest BCUT2D eigenvalue weighted by Crippen LogP contribution is -2.42. The number of aryl methyl sites for hydroxylation is 2. The van der Waals surface area contributed by atoms with E-state index in [4.69, 9.17) is 4.74 Å². The minimum Gasteiger partial charge on any atom is -0.378 e. The number of nitrogens with one attached hydrogen (secondary N) is 3. The van der Waals surface area contributed by atoms with Gasteiger partial charge in [-0.25, -0.2) is 4.98 Å². The van der Waals surface area contributed by atoms with Gasteiger partial charge in [-0.15, -0.1) is 0 Å². The molecule has 2 amide bonds. The fourth-order valence-electron chi connectivity index (χ4n) is 3.83. The zero-order valence-corrected chi connectivity index (χ0v) is 18.1. The van der Waals surface area contributed by atoms with Crippen molar-refractivity contribution >= 4 is 28.7 Å². The maximum atomic E-state index is 12.5. The fourth-order valence-corrected chi connectivity index (χ4v) is 3.83.